The van der Waals surface area contributed by atoms with Crippen molar-refractivity contribution >= 4 is 5.69 Å². The van der Waals surface area contributed by atoms with Gasteiger partial charge in [0.05, 0.1) is 17.9 Å². The van der Waals surface area contributed by atoms with Crippen molar-refractivity contribution < 1.29 is 0 Å². The van der Waals surface area contributed by atoms with Crippen molar-refractivity contribution in [1.82, 2.24) is 15.3 Å². The van der Waals surface area contributed by atoms with Crippen molar-refractivity contribution in [3.05, 3.63) is 108 Å². The van der Waals surface area contributed by atoms with Gasteiger partial charge in [0.2, 0.25) is 0 Å². The molecule has 4 N–H and O–H groups in total. The molecule has 36 heavy (non-hydrogen) atoms. The predicted octanol–water partition coefficient (Wildman–Crippen LogP) is 6.99. The van der Waals surface area contributed by atoms with Gasteiger partial charge in [-0.2, -0.15) is 0 Å². The van der Waals surface area contributed by atoms with Gasteiger partial charge in [-0.3, -0.25) is 0 Å². The molecule has 2 heterocycles. The Balaban J connectivity index is 1.17. The lowest BCUT2D eigenvalue weighted by atomic mass is 9.94. The minimum atomic E-state index is 0.349. The summed E-state index contributed by atoms with van der Waals surface area (Å²) in [6.45, 7) is 1.07. The molecule has 176 valence electrons. The molecule has 5 aromatic rings. The number of H-pyrrole nitrogens is 1. The Labute approximate surface area is 211 Å². The molecule has 1 aliphatic heterocycles. The first-order chi connectivity index (χ1) is 17.7. The summed E-state index contributed by atoms with van der Waals surface area (Å²) < 4.78 is 0. The van der Waals surface area contributed by atoms with E-state index in [1.807, 2.05) is 6.20 Å². The number of benzene rings is 4. The molecule has 1 atom stereocenters. The standard InChI is InChI=1S/C32H28N4/c33-31-26(14-15-27-25-8-2-1-5-24(25)18-28(27)31)23-7-3-6-22(17-23)20-10-12-21(13-11-20)30-19-35-32(36-30)29-9-4-16-34-29/h1-3,5-8,10-15,17,19,29,34H,4,9,16,18,33H2,(H,35,36). The number of fused-ring (bicyclic) bond motifs is 3. The van der Waals surface area contributed by atoms with E-state index in [0.29, 0.717) is 6.04 Å². The number of nitrogens with zero attached hydrogens (tertiary/aromatic N) is 1. The van der Waals surface area contributed by atoms with Crippen molar-refractivity contribution in [1.29, 1.82) is 0 Å². The first kappa shape index (κ1) is 21.2. The molecule has 0 bridgehead atoms. The average Bonchev–Trinajstić information content (AvgIpc) is 3.69. The Morgan fingerprint density at radius 1 is 0.750 bits per heavy atom. The Morgan fingerprint density at radius 3 is 2.42 bits per heavy atom. The van der Waals surface area contributed by atoms with Gasteiger partial charge in [-0.25, -0.2) is 4.98 Å². The van der Waals surface area contributed by atoms with Crippen molar-refractivity contribution in [2.45, 2.75) is 25.3 Å². The van der Waals surface area contributed by atoms with Gasteiger partial charge in [0.15, 0.2) is 0 Å². The van der Waals surface area contributed by atoms with E-state index in [1.54, 1.807) is 0 Å². The summed E-state index contributed by atoms with van der Waals surface area (Å²) in [7, 11) is 0. The molecule has 4 nitrogen and oxygen atoms in total. The van der Waals surface area contributed by atoms with E-state index in [2.05, 4.69) is 100 Å². The third-order valence-electron chi connectivity index (χ3n) is 7.72. The lowest BCUT2D eigenvalue weighted by Gasteiger charge is -2.13. The van der Waals surface area contributed by atoms with Crippen LogP contribution in [0.3, 0.4) is 0 Å². The maximum absolute atomic E-state index is 6.75. The van der Waals surface area contributed by atoms with Gasteiger partial charge in [0, 0.05) is 17.7 Å². The van der Waals surface area contributed by atoms with Crippen molar-refractivity contribution in [2.75, 3.05) is 12.3 Å². The molecular formula is C32H28N4. The molecule has 0 amide bonds. The number of hydrogen-bond donors (Lipinski definition) is 3. The van der Waals surface area contributed by atoms with E-state index in [9.17, 15) is 0 Å². The number of anilines is 1. The zero-order valence-corrected chi connectivity index (χ0v) is 20.1. The van der Waals surface area contributed by atoms with E-state index < -0.39 is 0 Å². The normalized spacial score (nSPS) is 16.2. The van der Waals surface area contributed by atoms with Crippen LogP contribution >= 0.6 is 0 Å². The molecule has 1 unspecified atom stereocenters. The van der Waals surface area contributed by atoms with Crippen molar-refractivity contribution in [2.24, 2.45) is 0 Å². The summed E-state index contributed by atoms with van der Waals surface area (Å²) in [5.74, 6) is 1.04. The third kappa shape index (κ3) is 3.53. The van der Waals surface area contributed by atoms with Crippen LogP contribution < -0.4 is 11.1 Å². The number of aromatic amines is 1. The minimum Gasteiger partial charge on any atom is -0.398 e. The molecule has 0 saturated carbocycles. The fourth-order valence-corrected chi connectivity index (χ4v) is 5.77. The highest BCUT2D eigenvalue weighted by Crippen LogP contribution is 2.43. The van der Waals surface area contributed by atoms with Crippen LogP contribution in [0.15, 0.2) is 91.1 Å². The minimum absolute atomic E-state index is 0.349. The average molecular weight is 469 g/mol. The molecule has 4 heteroatoms. The highest BCUT2D eigenvalue weighted by Gasteiger charge is 2.22. The maximum Gasteiger partial charge on any atom is 0.123 e. The van der Waals surface area contributed by atoms with Crippen molar-refractivity contribution in [3.63, 3.8) is 0 Å². The lowest BCUT2D eigenvalue weighted by molar-refractivity contribution is 0.613. The first-order valence-corrected chi connectivity index (χ1v) is 12.7. The van der Waals surface area contributed by atoms with Gasteiger partial charge in [-0.1, -0.05) is 78.9 Å². The van der Waals surface area contributed by atoms with Gasteiger partial charge in [0.25, 0.3) is 0 Å². The third-order valence-corrected chi connectivity index (χ3v) is 7.72. The van der Waals surface area contributed by atoms with Gasteiger partial charge < -0.3 is 16.0 Å². The van der Waals surface area contributed by atoms with Crippen LogP contribution in [0, 0.1) is 0 Å². The summed E-state index contributed by atoms with van der Waals surface area (Å²) >= 11 is 0. The number of hydrogen-bond acceptors (Lipinski definition) is 3. The number of aromatic nitrogens is 2. The topological polar surface area (TPSA) is 66.7 Å². The monoisotopic (exact) mass is 468 g/mol. The Bertz CT molecular complexity index is 1570. The largest absolute Gasteiger partial charge is 0.398 e. The summed E-state index contributed by atoms with van der Waals surface area (Å²) in [6, 6.07) is 30.8. The second-order valence-electron chi connectivity index (χ2n) is 9.88. The number of rotatable bonds is 4. The zero-order valence-electron chi connectivity index (χ0n) is 20.1. The summed E-state index contributed by atoms with van der Waals surface area (Å²) in [5.41, 5.74) is 19.6. The van der Waals surface area contributed by atoms with E-state index >= 15 is 0 Å². The summed E-state index contributed by atoms with van der Waals surface area (Å²) in [4.78, 5) is 8.12. The molecule has 1 saturated heterocycles. The Morgan fingerprint density at radius 2 is 1.56 bits per heavy atom. The van der Waals surface area contributed by atoms with Crippen LogP contribution in [0.4, 0.5) is 5.69 Å². The molecule has 0 radical (unpaired) electrons. The predicted molar refractivity (Wildman–Crippen MR) is 148 cm³/mol. The Kier molecular flexibility index (Phi) is 5.00. The fourth-order valence-electron chi connectivity index (χ4n) is 5.77. The van der Waals surface area contributed by atoms with Gasteiger partial charge in [0.1, 0.15) is 5.82 Å². The van der Waals surface area contributed by atoms with E-state index in [4.69, 9.17) is 5.73 Å². The van der Waals surface area contributed by atoms with Gasteiger partial charge in [-0.05, 0) is 70.0 Å². The second kappa shape index (κ2) is 8.51. The van der Waals surface area contributed by atoms with E-state index in [0.717, 1.165) is 53.3 Å². The SMILES string of the molecule is Nc1c(-c2cccc(-c3ccc(-c4cnc(C5CCCN5)[nH]4)cc3)c2)ccc2c1Cc1ccccc1-2. The number of imidazole rings is 1. The smallest absolute Gasteiger partial charge is 0.123 e. The summed E-state index contributed by atoms with van der Waals surface area (Å²) in [5, 5.41) is 3.51. The Hall–Kier alpha value is -4.15. The van der Waals surface area contributed by atoms with Crippen LogP contribution in [0.5, 0.6) is 0 Å². The molecule has 4 aromatic carbocycles. The van der Waals surface area contributed by atoms with Crippen LogP contribution in [0.2, 0.25) is 0 Å². The lowest BCUT2D eigenvalue weighted by Crippen LogP contribution is -2.14. The molecule has 1 fully saturated rings. The first-order valence-electron chi connectivity index (χ1n) is 12.7. The highest BCUT2D eigenvalue weighted by molar-refractivity contribution is 5.90. The maximum atomic E-state index is 6.75. The number of nitrogens with one attached hydrogen (secondary N) is 2. The van der Waals surface area contributed by atoms with Crippen LogP contribution in [0.25, 0.3) is 44.6 Å². The van der Waals surface area contributed by atoms with E-state index in [-0.39, 0.29) is 0 Å². The van der Waals surface area contributed by atoms with Crippen LogP contribution in [-0.2, 0) is 6.42 Å². The van der Waals surface area contributed by atoms with Crippen molar-refractivity contribution in [3.8, 4) is 44.6 Å². The van der Waals surface area contributed by atoms with Crippen LogP contribution in [0.1, 0.15) is 35.8 Å². The van der Waals surface area contributed by atoms with E-state index in [1.165, 1.54) is 39.8 Å². The molecule has 7 rings (SSSR count). The second-order valence-corrected chi connectivity index (χ2v) is 9.88. The molecular weight excluding hydrogens is 440 g/mol. The number of nitrogens with two attached hydrogens (primary N) is 1. The summed E-state index contributed by atoms with van der Waals surface area (Å²) in [6.07, 6.45) is 5.20. The molecule has 1 aromatic heterocycles. The highest BCUT2D eigenvalue weighted by atomic mass is 15.0. The van der Waals surface area contributed by atoms with Crippen LogP contribution in [-0.4, -0.2) is 16.5 Å². The van der Waals surface area contributed by atoms with Gasteiger partial charge >= 0.3 is 0 Å². The van der Waals surface area contributed by atoms with Gasteiger partial charge in [-0.15, -0.1) is 0 Å². The number of nitrogen functional groups attached to an aromatic ring is 1. The zero-order chi connectivity index (χ0) is 24.1. The fraction of sp³-hybridized carbons (Fsp3) is 0.156. The quantitative estimate of drug-likeness (QED) is 0.244. The molecule has 2 aliphatic rings. The molecule has 0 spiro atoms. The molecule has 1 aliphatic carbocycles.